The highest BCUT2D eigenvalue weighted by atomic mass is 16.2. The highest BCUT2D eigenvalue weighted by Crippen LogP contribution is 2.22. The van der Waals surface area contributed by atoms with Gasteiger partial charge in [0.2, 0.25) is 0 Å². The summed E-state index contributed by atoms with van der Waals surface area (Å²) < 4.78 is 2.18. The Bertz CT molecular complexity index is 687. The zero-order valence-electron chi connectivity index (χ0n) is 18.7. The lowest BCUT2D eigenvalue weighted by Gasteiger charge is -2.32. The molecule has 29 heavy (non-hydrogen) atoms. The second-order valence-corrected chi connectivity index (χ2v) is 8.80. The van der Waals surface area contributed by atoms with Crippen molar-refractivity contribution in [3.05, 3.63) is 0 Å². The van der Waals surface area contributed by atoms with E-state index in [0.717, 1.165) is 31.9 Å². The normalized spacial score (nSPS) is 25.7. The van der Waals surface area contributed by atoms with Crippen molar-refractivity contribution < 1.29 is 14.2 Å². The van der Waals surface area contributed by atoms with Gasteiger partial charge in [-0.1, -0.05) is 39.0 Å². The molecule has 0 bridgehead atoms. The Morgan fingerprint density at radius 3 is 2.48 bits per heavy atom. The van der Waals surface area contributed by atoms with E-state index < -0.39 is 6.04 Å². The van der Waals surface area contributed by atoms with Crippen molar-refractivity contribution in [3.8, 4) is 0 Å². The monoisotopic (exact) mass is 404 g/mol. The molecule has 2 atom stereocenters. The van der Waals surface area contributed by atoms with Crippen molar-refractivity contribution in [1.82, 2.24) is 14.7 Å². The van der Waals surface area contributed by atoms with E-state index in [0.29, 0.717) is 11.9 Å². The van der Waals surface area contributed by atoms with Gasteiger partial charge in [-0.2, -0.15) is 0 Å². The maximum Gasteiger partial charge on any atom is 0.333 e. The first kappa shape index (κ1) is 21.9. The van der Waals surface area contributed by atoms with Gasteiger partial charge in [-0.3, -0.25) is 19.5 Å². The zero-order chi connectivity index (χ0) is 21.0. The average molecular weight is 405 g/mol. The first-order valence-corrected chi connectivity index (χ1v) is 11.5. The van der Waals surface area contributed by atoms with Gasteiger partial charge < -0.3 is 0 Å². The van der Waals surface area contributed by atoms with Crippen molar-refractivity contribution in [2.24, 2.45) is 4.99 Å². The number of amidine groups is 2. The lowest BCUT2D eigenvalue weighted by molar-refractivity contribution is -0.537. The summed E-state index contributed by atoms with van der Waals surface area (Å²) in [6, 6.07) is -0.210. The zero-order valence-corrected chi connectivity index (χ0v) is 18.7. The molecule has 0 aromatic carbocycles. The molecule has 0 spiro atoms. The van der Waals surface area contributed by atoms with Gasteiger partial charge in [0.15, 0.2) is 0 Å². The number of imide groups is 1. The standard InChI is InChI=1S/C22H38N5O2/c1-5-6-7-8-9-11-15-27-18(16-26-14-12-10-13-17(26)2)23-20-19(27)21(28)25(4)22(29)24(20)3/h17,19H,5-16H2,1-4H3/q+1. The van der Waals surface area contributed by atoms with Crippen LogP contribution in [-0.2, 0) is 4.79 Å². The minimum absolute atomic E-state index is 0.153. The second-order valence-electron chi connectivity index (χ2n) is 8.80. The molecular formula is C22H38N5O2+. The maximum atomic E-state index is 13.0. The van der Waals surface area contributed by atoms with Gasteiger partial charge in [-0.05, 0) is 44.1 Å². The fourth-order valence-electron chi connectivity index (χ4n) is 4.67. The van der Waals surface area contributed by atoms with Gasteiger partial charge in [0, 0.05) is 20.1 Å². The van der Waals surface area contributed by atoms with Crippen LogP contribution in [0.1, 0.15) is 71.6 Å². The van der Waals surface area contributed by atoms with E-state index in [-0.39, 0.29) is 11.9 Å². The van der Waals surface area contributed by atoms with Crippen LogP contribution in [0.4, 0.5) is 4.79 Å². The number of rotatable bonds is 9. The first-order valence-electron chi connectivity index (χ1n) is 11.5. The quantitative estimate of drug-likeness (QED) is 0.438. The van der Waals surface area contributed by atoms with E-state index in [2.05, 4.69) is 23.3 Å². The number of piperidine rings is 1. The van der Waals surface area contributed by atoms with Gasteiger partial charge in [-0.25, -0.2) is 9.37 Å². The summed E-state index contributed by atoms with van der Waals surface area (Å²) in [6.07, 6.45) is 11.0. The summed E-state index contributed by atoms with van der Waals surface area (Å²) in [5, 5.41) is 0. The van der Waals surface area contributed by atoms with Gasteiger partial charge in [0.1, 0.15) is 6.54 Å². The third kappa shape index (κ3) is 4.71. The molecule has 0 radical (unpaired) electrons. The topological polar surface area (TPSA) is 59.2 Å². The number of amides is 3. The molecule has 0 N–H and O–H groups in total. The molecule has 2 saturated heterocycles. The molecule has 0 aromatic rings. The summed E-state index contributed by atoms with van der Waals surface area (Å²) in [6.45, 7) is 7.17. The lowest BCUT2D eigenvalue weighted by atomic mass is 10.0. The number of hydrogen-bond acceptors (Lipinski definition) is 4. The fraction of sp³-hybridized carbons (Fsp3) is 0.818. The molecule has 3 amide bonds. The average Bonchev–Trinajstić information content (AvgIpc) is 3.07. The van der Waals surface area contributed by atoms with Crippen LogP contribution in [0.5, 0.6) is 0 Å². The number of carbonyl (C=O) groups is 2. The van der Waals surface area contributed by atoms with Gasteiger partial charge >= 0.3 is 11.9 Å². The molecule has 2 fully saturated rings. The van der Waals surface area contributed by atoms with E-state index in [9.17, 15) is 9.59 Å². The van der Waals surface area contributed by atoms with Crippen LogP contribution < -0.4 is 0 Å². The first-order chi connectivity index (χ1) is 14.0. The number of carbonyl (C=O) groups excluding carboxylic acids is 2. The van der Waals surface area contributed by atoms with Crippen LogP contribution in [0.15, 0.2) is 4.99 Å². The molecule has 3 aliphatic rings. The molecule has 3 heterocycles. The molecule has 162 valence electrons. The SMILES string of the molecule is CCCCCCCC[N+]1=C(CN2CCCCC2C)N=C2C1C(=O)N(C)C(=O)N2C. The molecule has 2 unspecified atom stereocenters. The summed E-state index contributed by atoms with van der Waals surface area (Å²) >= 11 is 0. The molecule has 0 saturated carbocycles. The summed E-state index contributed by atoms with van der Waals surface area (Å²) in [5.41, 5.74) is 0. The Morgan fingerprint density at radius 2 is 1.76 bits per heavy atom. The molecule has 3 rings (SSSR count). The number of likely N-dealkylation sites (N-methyl/N-ethyl adjacent to an activating group) is 2. The number of aliphatic imine (C=N–C) groups is 1. The van der Waals surface area contributed by atoms with E-state index in [1.165, 1.54) is 56.3 Å². The molecular weight excluding hydrogens is 366 g/mol. The Labute approximate surface area is 175 Å². The minimum Gasteiger partial charge on any atom is -0.289 e. The summed E-state index contributed by atoms with van der Waals surface area (Å²) in [7, 11) is 3.30. The summed E-state index contributed by atoms with van der Waals surface area (Å²) in [5.74, 6) is 1.40. The fourth-order valence-corrected chi connectivity index (χ4v) is 4.67. The molecule has 7 nitrogen and oxygen atoms in total. The highest BCUT2D eigenvalue weighted by molar-refractivity contribution is 6.23. The van der Waals surface area contributed by atoms with Crippen LogP contribution >= 0.6 is 0 Å². The van der Waals surface area contributed by atoms with Crippen molar-refractivity contribution >= 4 is 23.6 Å². The van der Waals surface area contributed by atoms with Crippen LogP contribution in [0.25, 0.3) is 0 Å². The van der Waals surface area contributed by atoms with Gasteiger partial charge in [0.05, 0.1) is 6.54 Å². The van der Waals surface area contributed by atoms with Crippen molar-refractivity contribution in [2.75, 3.05) is 33.7 Å². The number of hydrogen-bond donors (Lipinski definition) is 0. The summed E-state index contributed by atoms with van der Waals surface area (Å²) in [4.78, 5) is 35.5. The van der Waals surface area contributed by atoms with E-state index in [4.69, 9.17) is 4.99 Å². The Balaban J connectivity index is 1.77. The largest absolute Gasteiger partial charge is 0.333 e. The second kappa shape index (κ2) is 9.83. The number of nitrogens with zero attached hydrogens (tertiary/aromatic N) is 5. The van der Waals surface area contributed by atoms with Crippen molar-refractivity contribution in [3.63, 3.8) is 0 Å². The lowest BCUT2D eigenvalue weighted by Crippen LogP contribution is -2.61. The van der Waals surface area contributed by atoms with E-state index in [1.807, 2.05) is 0 Å². The maximum absolute atomic E-state index is 13.0. The third-order valence-electron chi connectivity index (χ3n) is 6.65. The van der Waals surface area contributed by atoms with Crippen molar-refractivity contribution in [2.45, 2.75) is 83.7 Å². The van der Waals surface area contributed by atoms with Gasteiger partial charge in [0.25, 0.3) is 17.8 Å². The number of urea groups is 1. The van der Waals surface area contributed by atoms with Gasteiger partial charge in [-0.15, -0.1) is 0 Å². The molecule has 0 aliphatic carbocycles. The molecule has 0 aromatic heterocycles. The van der Waals surface area contributed by atoms with Crippen molar-refractivity contribution in [1.29, 1.82) is 0 Å². The van der Waals surface area contributed by atoms with E-state index >= 15 is 0 Å². The molecule has 7 heteroatoms. The van der Waals surface area contributed by atoms with E-state index in [1.54, 1.807) is 19.0 Å². The predicted octanol–water partition coefficient (Wildman–Crippen LogP) is 2.94. The van der Waals surface area contributed by atoms with Crippen LogP contribution in [0, 0.1) is 0 Å². The number of fused-ring (bicyclic) bond motifs is 1. The van der Waals surface area contributed by atoms with Crippen LogP contribution in [0.2, 0.25) is 0 Å². The Kier molecular flexibility index (Phi) is 7.44. The minimum atomic E-state index is -0.451. The Hall–Kier alpha value is -1.76. The number of likely N-dealkylation sites (tertiary alicyclic amines) is 1. The number of unbranched alkanes of at least 4 members (excludes halogenated alkanes) is 5. The van der Waals surface area contributed by atoms with Crippen LogP contribution in [-0.4, -0.2) is 88.7 Å². The van der Waals surface area contributed by atoms with Crippen LogP contribution in [0.3, 0.4) is 0 Å². The third-order valence-corrected chi connectivity index (χ3v) is 6.65. The smallest absolute Gasteiger partial charge is 0.289 e. The Morgan fingerprint density at radius 1 is 1.03 bits per heavy atom. The predicted molar refractivity (Wildman–Crippen MR) is 116 cm³/mol. The highest BCUT2D eigenvalue weighted by Gasteiger charge is 2.53. The molecule has 3 aliphatic heterocycles.